The molecule has 5 heterocycles. The van der Waals surface area contributed by atoms with Crippen molar-refractivity contribution in [1.82, 2.24) is 34.9 Å². The maximum Gasteiger partial charge on any atom is 0.296 e. The normalized spacial score (nSPS) is 11.6. The molecule has 0 saturated carbocycles. The first-order valence-corrected chi connectivity index (χ1v) is 12.2. The molecule has 208 valence electrons. The standard InChI is InChI=1S/C12H7N5OS.C8H5NO2.C4H6N4OS.CH4/c18-11-8-10(16-12(19)17-11)15-9-7(14-8)5-3-1-2-4-6(5)13-9;10-7-5-3-1-2-4-6(5)9-8(7)11;5-1-2(6)7-4(10)8-3(1)9;/h1-4H,(H3,13,15,16,17,18,19);1-4H,(H,9,10,11);5H2,(H4,6,7,8,9,10);1H4. The molecular weight excluding hydrogens is 568 g/mol. The van der Waals surface area contributed by atoms with Gasteiger partial charge in [0.1, 0.15) is 17.0 Å². The predicted octanol–water partition coefficient (Wildman–Crippen LogP) is 3.06. The minimum Gasteiger partial charge on any atom is -0.391 e. The summed E-state index contributed by atoms with van der Waals surface area (Å²) < 4.78 is 0.416. The van der Waals surface area contributed by atoms with Crippen LogP contribution in [0.3, 0.4) is 0 Å². The summed E-state index contributed by atoms with van der Waals surface area (Å²) in [6, 6.07) is 14.6. The van der Waals surface area contributed by atoms with Gasteiger partial charge in [0, 0.05) is 10.9 Å². The van der Waals surface area contributed by atoms with Crippen LogP contribution in [0.4, 0.5) is 17.2 Å². The highest BCUT2D eigenvalue weighted by Crippen LogP contribution is 2.23. The maximum absolute atomic E-state index is 11.8. The fraction of sp³-hybridized carbons (Fsp3) is 0.0400. The molecule has 6 aromatic rings. The van der Waals surface area contributed by atoms with Gasteiger partial charge in [-0.25, -0.2) is 9.97 Å². The van der Waals surface area contributed by atoms with Crippen molar-refractivity contribution < 1.29 is 9.59 Å². The van der Waals surface area contributed by atoms with E-state index in [4.69, 9.17) is 23.7 Å². The van der Waals surface area contributed by atoms with Crippen molar-refractivity contribution in [2.75, 3.05) is 16.8 Å². The van der Waals surface area contributed by atoms with Crippen LogP contribution in [0.15, 0.2) is 58.1 Å². The van der Waals surface area contributed by atoms with Crippen LogP contribution in [0, 0.1) is 9.54 Å². The van der Waals surface area contributed by atoms with E-state index in [0.717, 1.165) is 10.9 Å². The number of ketones is 1. The van der Waals surface area contributed by atoms with Gasteiger partial charge in [0.2, 0.25) is 0 Å². The van der Waals surface area contributed by atoms with Crippen molar-refractivity contribution in [2.45, 2.75) is 7.43 Å². The van der Waals surface area contributed by atoms with Crippen molar-refractivity contribution in [3.63, 3.8) is 0 Å². The molecule has 16 heteroatoms. The molecule has 0 saturated heterocycles. The Labute approximate surface area is 239 Å². The van der Waals surface area contributed by atoms with E-state index in [2.05, 4.69) is 52.4 Å². The first-order valence-electron chi connectivity index (χ1n) is 11.4. The Kier molecular flexibility index (Phi) is 7.88. The Morgan fingerprint density at radius 1 is 0.683 bits per heavy atom. The van der Waals surface area contributed by atoms with E-state index in [-0.39, 0.29) is 39.6 Å². The summed E-state index contributed by atoms with van der Waals surface area (Å²) in [5.74, 6) is -0.874. The highest BCUT2D eigenvalue weighted by molar-refractivity contribution is 7.71. The molecule has 10 N–H and O–H groups in total. The summed E-state index contributed by atoms with van der Waals surface area (Å²) in [4.78, 5) is 66.4. The average molecular weight is 591 g/mol. The number of anilines is 3. The fourth-order valence-electron chi connectivity index (χ4n) is 3.79. The number of hydrogen-bond donors (Lipinski definition) is 8. The van der Waals surface area contributed by atoms with Gasteiger partial charge in [0.25, 0.3) is 22.8 Å². The molecular formula is C25H22N10O4S2. The van der Waals surface area contributed by atoms with Crippen molar-refractivity contribution in [2.24, 2.45) is 0 Å². The van der Waals surface area contributed by atoms with E-state index < -0.39 is 17.2 Å². The number of Topliss-reactive ketones (excluding diaryl/α,β-unsaturated/α-hetero) is 1. The zero-order valence-electron chi connectivity index (χ0n) is 20.1. The van der Waals surface area contributed by atoms with Gasteiger partial charge in [-0.05, 0) is 42.6 Å². The van der Waals surface area contributed by atoms with Crippen LogP contribution in [-0.4, -0.2) is 46.6 Å². The number of amides is 1. The lowest BCUT2D eigenvalue weighted by Crippen LogP contribution is -2.15. The summed E-state index contributed by atoms with van der Waals surface area (Å²) in [5, 5.41) is 3.40. The number of H-pyrrole nitrogens is 5. The largest absolute Gasteiger partial charge is 0.391 e. The number of para-hydroxylation sites is 2. The maximum atomic E-state index is 11.8. The number of nitrogens with two attached hydrogens (primary N) is 2. The molecule has 0 spiro atoms. The molecule has 4 aromatic heterocycles. The van der Waals surface area contributed by atoms with Crippen molar-refractivity contribution >= 4 is 86.5 Å². The highest BCUT2D eigenvalue weighted by Gasteiger charge is 2.26. The van der Waals surface area contributed by atoms with E-state index in [0.29, 0.717) is 28.1 Å². The van der Waals surface area contributed by atoms with Crippen LogP contribution >= 0.6 is 24.4 Å². The number of benzene rings is 2. The van der Waals surface area contributed by atoms with Crippen molar-refractivity contribution in [3.05, 3.63) is 84.3 Å². The number of nitrogens with one attached hydrogen (secondary N) is 6. The number of hydrogen-bond acceptors (Lipinski definition) is 10. The number of carbonyl (C=O) groups excluding carboxylic acids is 2. The smallest absolute Gasteiger partial charge is 0.296 e. The summed E-state index contributed by atoms with van der Waals surface area (Å²) in [7, 11) is 0. The van der Waals surface area contributed by atoms with Gasteiger partial charge in [0.15, 0.2) is 26.4 Å². The topological polar surface area (TPSA) is 237 Å². The summed E-state index contributed by atoms with van der Waals surface area (Å²) in [5.41, 5.74) is 13.6. The predicted molar refractivity (Wildman–Crippen MR) is 162 cm³/mol. The van der Waals surface area contributed by atoms with E-state index in [1.165, 1.54) is 0 Å². The van der Waals surface area contributed by atoms with Gasteiger partial charge in [-0.1, -0.05) is 37.8 Å². The van der Waals surface area contributed by atoms with Crippen molar-refractivity contribution in [1.29, 1.82) is 0 Å². The van der Waals surface area contributed by atoms with Gasteiger partial charge < -0.3 is 31.7 Å². The van der Waals surface area contributed by atoms with Gasteiger partial charge >= 0.3 is 0 Å². The SMILES string of the molecule is C.Nc1[nH]c(=S)[nH]c(=O)c1N.O=C1Nc2ccccc2C1=O.O=c1[nH]c(=S)[nH]c2nc3[nH]c4ccccc4c3nc12. The molecule has 0 atom stereocenters. The van der Waals surface area contributed by atoms with Gasteiger partial charge in [-0.15, -0.1) is 0 Å². The first kappa shape index (κ1) is 28.5. The zero-order chi connectivity index (χ0) is 28.6. The molecule has 41 heavy (non-hydrogen) atoms. The summed E-state index contributed by atoms with van der Waals surface area (Å²) in [6.07, 6.45) is 0. The van der Waals surface area contributed by atoms with E-state index in [1.54, 1.807) is 24.3 Å². The number of rotatable bonds is 0. The molecule has 0 bridgehead atoms. The Balaban J connectivity index is 0.000000152. The third-order valence-corrected chi connectivity index (χ3v) is 6.05. The second-order valence-electron chi connectivity index (χ2n) is 8.26. The van der Waals surface area contributed by atoms with Gasteiger partial charge in [0.05, 0.1) is 11.3 Å². The summed E-state index contributed by atoms with van der Waals surface area (Å²) >= 11 is 9.52. The molecule has 1 amide bonds. The monoisotopic (exact) mass is 590 g/mol. The lowest BCUT2D eigenvalue weighted by atomic mass is 10.1. The van der Waals surface area contributed by atoms with E-state index in [1.807, 2.05) is 24.3 Å². The number of aromatic amines is 5. The van der Waals surface area contributed by atoms with E-state index >= 15 is 0 Å². The third-order valence-electron chi connectivity index (χ3n) is 5.64. The lowest BCUT2D eigenvalue weighted by molar-refractivity contribution is -0.112. The zero-order valence-corrected chi connectivity index (χ0v) is 21.8. The van der Waals surface area contributed by atoms with Crippen LogP contribution in [0.25, 0.3) is 33.2 Å². The molecule has 0 fully saturated rings. The highest BCUT2D eigenvalue weighted by atomic mass is 32.1. The molecule has 0 radical (unpaired) electrons. The van der Waals surface area contributed by atoms with Crippen LogP contribution in [0.5, 0.6) is 0 Å². The van der Waals surface area contributed by atoms with Crippen LogP contribution in [-0.2, 0) is 4.79 Å². The number of nitrogens with zero attached hydrogens (tertiary/aromatic N) is 2. The molecule has 7 rings (SSSR count). The number of fused-ring (bicyclic) bond motifs is 5. The summed E-state index contributed by atoms with van der Waals surface area (Å²) in [6.45, 7) is 0. The van der Waals surface area contributed by atoms with Crippen LogP contribution in [0.1, 0.15) is 17.8 Å². The minimum absolute atomic E-state index is 0. The molecule has 1 aliphatic rings. The minimum atomic E-state index is -0.536. The Bertz CT molecular complexity index is 2210. The second kappa shape index (κ2) is 11.3. The lowest BCUT2D eigenvalue weighted by Gasteiger charge is -1.96. The van der Waals surface area contributed by atoms with E-state index in [9.17, 15) is 19.2 Å². The molecule has 1 aliphatic heterocycles. The van der Waals surface area contributed by atoms with Gasteiger partial charge in [-0.3, -0.25) is 29.1 Å². The molecule has 0 unspecified atom stereocenters. The number of aromatic nitrogens is 7. The number of carbonyl (C=O) groups is 2. The molecule has 2 aromatic carbocycles. The average Bonchev–Trinajstić information content (AvgIpc) is 3.42. The quantitative estimate of drug-likeness (QED) is 0.0950. The second-order valence-corrected chi connectivity index (χ2v) is 9.08. The van der Waals surface area contributed by atoms with Crippen LogP contribution < -0.4 is 27.9 Å². The van der Waals surface area contributed by atoms with Gasteiger partial charge in [-0.2, -0.15) is 0 Å². The first-order chi connectivity index (χ1) is 19.1. The Morgan fingerprint density at radius 3 is 2.05 bits per heavy atom. The number of nitrogen functional groups attached to an aromatic ring is 2. The Morgan fingerprint density at radius 2 is 1.32 bits per heavy atom. The Hall–Kier alpha value is -5.48. The third kappa shape index (κ3) is 5.63. The fourth-order valence-corrected chi connectivity index (χ4v) is 4.18. The van der Waals surface area contributed by atoms with Crippen molar-refractivity contribution in [3.8, 4) is 0 Å². The molecule has 14 nitrogen and oxygen atoms in total. The molecule has 0 aliphatic carbocycles. The van der Waals surface area contributed by atoms with Crippen LogP contribution in [0.2, 0.25) is 0 Å².